The number of rotatable bonds is 13. The molecule has 0 heterocycles. The van der Waals surface area contributed by atoms with Crippen molar-refractivity contribution in [2.45, 2.75) is 51.7 Å². The van der Waals surface area contributed by atoms with Gasteiger partial charge in [-0.3, -0.25) is 13.9 Å². The average Bonchev–Trinajstić information content (AvgIpc) is 2.89. The van der Waals surface area contributed by atoms with Crippen molar-refractivity contribution in [3.63, 3.8) is 0 Å². The van der Waals surface area contributed by atoms with Crippen LogP contribution in [-0.4, -0.2) is 50.0 Å². The predicted octanol–water partition coefficient (Wildman–Crippen LogP) is 6.36. The SMILES string of the molecule is CC(C)NC(=O)[C@H](Cc1ccccc1)N(Cc1c(Cl)cccc1Cl)C(=O)CCCN(c1cccc(Cl)c1)S(C)(=O)=O. The molecule has 3 aromatic carbocycles. The third-order valence-corrected chi connectivity index (χ3v) is 8.48. The number of amides is 2. The molecule has 11 heteroatoms. The van der Waals surface area contributed by atoms with E-state index < -0.39 is 16.1 Å². The summed E-state index contributed by atoms with van der Waals surface area (Å²) < 4.78 is 26.4. The third kappa shape index (κ3) is 9.64. The zero-order chi connectivity index (χ0) is 30.2. The molecule has 41 heavy (non-hydrogen) atoms. The third-order valence-electron chi connectivity index (χ3n) is 6.34. The van der Waals surface area contributed by atoms with Crippen LogP contribution in [0.25, 0.3) is 0 Å². The van der Waals surface area contributed by atoms with E-state index in [-0.39, 0.29) is 50.2 Å². The number of carbonyl (C=O) groups is 2. The number of halogens is 3. The summed E-state index contributed by atoms with van der Waals surface area (Å²) in [5, 5.41) is 4.09. The lowest BCUT2D eigenvalue weighted by Gasteiger charge is -2.33. The zero-order valence-corrected chi connectivity index (χ0v) is 26.3. The van der Waals surface area contributed by atoms with Crippen LogP contribution in [0.15, 0.2) is 72.8 Å². The number of hydrogen-bond donors (Lipinski definition) is 1. The first kappa shape index (κ1) is 32.7. The highest BCUT2D eigenvalue weighted by Gasteiger charge is 2.31. The van der Waals surface area contributed by atoms with Crippen molar-refractivity contribution in [3.05, 3.63) is 99.0 Å². The largest absolute Gasteiger partial charge is 0.352 e. The molecule has 0 spiro atoms. The molecule has 3 rings (SSSR count). The number of anilines is 1. The van der Waals surface area contributed by atoms with Crippen LogP contribution < -0.4 is 9.62 Å². The molecule has 220 valence electrons. The molecule has 0 aliphatic carbocycles. The van der Waals surface area contributed by atoms with Gasteiger partial charge in [-0.15, -0.1) is 0 Å². The van der Waals surface area contributed by atoms with Crippen LogP contribution >= 0.6 is 34.8 Å². The minimum absolute atomic E-state index is 0.00440. The lowest BCUT2D eigenvalue weighted by atomic mass is 10.0. The predicted molar refractivity (Wildman–Crippen MR) is 167 cm³/mol. The van der Waals surface area contributed by atoms with Gasteiger partial charge in [0.05, 0.1) is 11.9 Å². The van der Waals surface area contributed by atoms with Crippen molar-refractivity contribution in [1.29, 1.82) is 0 Å². The van der Waals surface area contributed by atoms with Gasteiger partial charge in [0.15, 0.2) is 0 Å². The van der Waals surface area contributed by atoms with Gasteiger partial charge in [0, 0.05) is 52.6 Å². The maximum absolute atomic E-state index is 13.9. The Morgan fingerprint density at radius 3 is 2.12 bits per heavy atom. The van der Waals surface area contributed by atoms with E-state index in [1.165, 1.54) is 9.21 Å². The van der Waals surface area contributed by atoms with Gasteiger partial charge in [0.25, 0.3) is 0 Å². The Labute approximate surface area is 257 Å². The summed E-state index contributed by atoms with van der Waals surface area (Å²) in [4.78, 5) is 28.9. The second-order valence-electron chi connectivity index (χ2n) is 10.0. The van der Waals surface area contributed by atoms with Gasteiger partial charge in [-0.05, 0) is 56.2 Å². The summed E-state index contributed by atoms with van der Waals surface area (Å²) in [6.45, 7) is 3.76. The number of nitrogens with zero attached hydrogens (tertiary/aromatic N) is 2. The Kier molecular flexibility index (Phi) is 11.9. The summed E-state index contributed by atoms with van der Waals surface area (Å²) in [7, 11) is -3.65. The Bertz CT molecular complexity index is 1430. The molecular formula is C30H34Cl3N3O4S. The normalized spacial score (nSPS) is 12.2. The Morgan fingerprint density at radius 2 is 1.54 bits per heavy atom. The smallest absolute Gasteiger partial charge is 0.243 e. The van der Waals surface area contributed by atoms with Crippen LogP contribution in [0.5, 0.6) is 0 Å². The van der Waals surface area contributed by atoms with Gasteiger partial charge in [0.2, 0.25) is 21.8 Å². The highest BCUT2D eigenvalue weighted by molar-refractivity contribution is 7.92. The van der Waals surface area contributed by atoms with E-state index in [0.29, 0.717) is 26.3 Å². The fraction of sp³-hybridized carbons (Fsp3) is 0.333. The molecule has 0 fully saturated rings. The van der Waals surface area contributed by atoms with Crippen LogP contribution in [0.4, 0.5) is 5.69 Å². The maximum Gasteiger partial charge on any atom is 0.243 e. The van der Waals surface area contributed by atoms with Gasteiger partial charge < -0.3 is 10.2 Å². The molecule has 0 saturated carbocycles. The van der Waals surface area contributed by atoms with Gasteiger partial charge in [-0.2, -0.15) is 0 Å². The van der Waals surface area contributed by atoms with E-state index in [0.717, 1.165) is 11.8 Å². The monoisotopic (exact) mass is 637 g/mol. The molecule has 0 saturated heterocycles. The molecule has 7 nitrogen and oxygen atoms in total. The lowest BCUT2D eigenvalue weighted by Crippen LogP contribution is -2.52. The van der Waals surface area contributed by atoms with Crippen LogP contribution in [0.3, 0.4) is 0 Å². The van der Waals surface area contributed by atoms with Crippen molar-refractivity contribution in [3.8, 4) is 0 Å². The van der Waals surface area contributed by atoms with Crippen LogP contribution in [0, 0.1) is 0 Å². The summed E-state index contributed by atoms with van der Waals surface area (Å²) >= 11 is 19.0. The first-order chi connectivity index (χ1) is 19.4. The Hall–Kier alpha value is -2.78. The molecule has 2 amide bonds. The molecule has 0 bridgehead atoms. The minimum Gasteiger partial charge on any atom is -0.352 e. The summed E-state index contributed by atoms with van der Waals surface area (Å²) in [5.74, 6) is -0.641. The van der Waals surface area contributed by atoms with E-state index in [2.05, 4.69) is 5.32 Å². The topological polar surface area (TPSA) is 86.8 Å². The van der Waals surface area contributed by atoms with Gasteiger partial charge in [0.1, 0.15) is 6.04 Å². The van der Waals surface area contributed by atoms with Crippen LogP contribution in [-0.2, 0) is 32.6 Å². The molecule has 0 unspecified atom stereocenters. The second-order valence-corrected chi connectivity index (χ2v) is 13.2. The first-order valence-corrected chi connectivity index (χ1v) is 16.1. The van der Waals surface area contributed by atoms with Crippen LogP contribution in [0.1, 0.15) is 37.8 Å². The van der Waals surface area contributed by atoms with E-state index in [4.69, 9.17) is 34.8 Å². The molecule has 0 aliphatic heterocycles. The number of nitrogens with one attached hydrogen (secondary N) is 1. The molecular weight excluding hydrogens is 605 g/mol. The van der Waals surface area contributed by atoms with Crippen molar-refractivity contribution >= 4 is 62.3 Å². The number of sulfonamides is 1. The summed E-state index contributed by atoms with van der Waals surface area (Å²) in [5.41, 5.74) is 1.81. The number of benzene rings is 3. The lowest BCUT2D eigenvalue weighted by molar-refractivity contribution is -0.141. The fourth-order valence-corrected chi connectivity index (χ4v) is 6.08. The van der Waals surface area contributed by atoms with Gasteiger partial charge in [-0.1, -0.05) is 77.3 Å². The molecule has 1 N–H and O–H groups in total. The highest BCUT2D eigenvalue weighted by Crippen LogP contribution is 2.28. The molecule has 0 radical (unpaired) electrons. The highest BCUT2D eigenvalue weighted by atomic mass is 35.5. The fourth-order valence-electron chi connectivity index (χ4n) is 4.42. The summed E-state index contributed by atoms with van der Waals surface area (Å²) in [6, 6.07) is 20.0. The van der Waals surface area contributed by atoms with Crippen LogP contribution in [0.2, 0.25) is 15.1 Å². The van der Waals surface area contributed by atoms with Crippen molar-refractivity contribution in [2.24, 2.45) is 0 Å². The Morgan fingerprint density at radius 1 is 0.902 bits per heavy atom. The summed E-state index contributed by atoms with van der Waals surface area (Å²) in [6.07, 6.45) is 1.56. The molecule has 0 aliphatic rings. The first-order valence-electron chi connectivity index (χ1n) is 13.2. The average molecular weight is 639 g/mol. The van der Waals surface area contributed by atoms with Gasteiger partial charge in [-0.25, -0.2) is 8.42 Å². The van der Waals surface area contributed by atoms with E-state index in [9.17, 15) is 18.0 Å². The van der Waals surface area contributed by atoms with E-state index in [1.54, 1.807) is 42.5 Å². The zero-order valence-electron chi connectivity index (χ0n) is 23.2. The van der Waals surface area contributed by atoms with Gasteiger partial charge >= 0.3 is 0 Å². The standard InChI is InChI=1S/C30H34Cl3N3O4S/c1-21(2)34-30(38)28(18-22-10-5-4-6-11-22)35(20-25-26(32)14-8-15-27(25)33)29(37)16-9-17-36(41(3,39)40)24-13-7-12-23(31)19-24/h4-8,10-15,19,21,28H,9,16-18,20H2,1-3H3,(H,34,38)/t28-/m0/s1. The second kappa shape index (κ2) is 14.9. The minimum atomic E-state index is -3.65. The van der Waals surface area contributed by atoms with E-state index in [1.807, 2.05) is 44.2 Å². The van der Waals surface area contributed by atoms with Crippen molar-refractivity contribution < 1.29 is 18.0 Å². The molecule has 1 atom stereocenters. The number of carbonyl (C=O) groups excluding carboxylic acids is 2. The Balaban J connectivity index is 1.93. The molecule has 3 aromatic rings. The quantitative estimate of drug-likeness (QED) is 0.236. The molecule has 0 aromatic heterocycles. The maximum atomic E-state index is 13.9. The van der Waals surface area contributed by atoms with Crippen molar-refractivity contribution in [2.75, 3.05) is 17.1 Å². The van der Waals surface area contributed by atoms with Crippen molar-refractivity contribution in [1.82, 2.24) is 10.2 Å². The van der Waals surface area contributed by atoms with E-state index >= 15 is 0 Å². The number of hydrogen-bond acceptors (Lipinski definition) is 4.